The molecule has 0 radical (unpaired) electrons. The van der Waals surface area contributed by atoms with E-state index in [1.165, 1.54) is 10.5 Å². The fourth-order valence-corrected chi connectivity index (χ4v) is 3.98. The standard InChI is InChI=1S/C17H25NO2S/c1-4-18-17(14-10-11-14,16(19)20-5-2)12-21-15-9-7-6-8-13(15)3/h6-9,14,18H,4-5,10-12H2,1-3H3. The molecule has 4 heteroatoms. The third kappa shape index (κ3) is 3.80. The molecule has 116 valence electrons. The van der Waals surface area contributed by atoms with Gasteiger partial charge in [0.15, 0.2) is 0 Å². The van der Waals surface area contributed by atoms with Crippen LogP contribution in [0.15, 0.2) is 29.2 Å². The SMILES string of the molecule is CCNC(CSc1ccccc1C)(C(=O)OCC)C1CC1. The first-order chi connectivity index (χ1) is 10.1. The molecule has 1 atom stereocenters. The number of hydrogen-bond acceptors (Lipinski definition) is 4. The lowest BCUT2D eigenvalue weighted by atomic mass is 9.95. The van der Waals surface area contributed by atoms with Crippen molar-refractivity contribution in [3.8, 4) is 0 Å². The van der Waals surface area contributed by atoms with Gasteiger partial charge in [-0.2, -0.15) is 0 Å². The molecule has 3 nitrogen and oxygen atoms in total. The number of likely N-dealkylation sites (N-methyl/N-ethyl adjacent to an activating group) is 1. The van der Waals surface area contributed by atoms with Gasteiger partial charge in [0.25, 0.3) is 0 Å². The van der Waals surface area contributed by atoms with E-state index in [0.717, 1.165) is 25.1 Å². The summed E-state index contributed by atoms with van der Waals surface area (Å²) in [5.74, 6) is 1.05. The number of carbonyl (C=O) groups excluding carboxylic acids is 1. The highest BCUT2D eigenvalue weighted by Crippen LogP contribution is 2.43. The summed E-state index contributed by atoms with van der Waals surface area (Å²) < 4.78 is 5.37. The van der Waals surface area contributed by atoms with E-state index in [1.807, 2.05) is 19.1 Å². The summed E-state index contributed by atoms with van der Waals surface area (Å²) in [6.45, 7) is 7.25. The summed E-state index contributed by atoms with van der Waals surface area (Å²) in [7, 11) is 0. The van der Waals surface area contributed by atoms with Crippen LogP contribution in [-0.4, -0.2) is 30.4 Å². The number of rotatable bonds is 8. The Kier molecular flexibility index (Phi) is 5.71. The normalized spacial score (nSPS) is 17.3. The van der Waals surface area contributed by atoms with E-state index in [4.69, 9.17) is 4.74 Å². The molecule has 1 fully saturated rings. The summed E-state index contributed by atoms with van der Waals surface area (Å²) in [6.07, 6.45) is 2.22. The van der Waals surface area contributed by atoms with Crippen molar-refractivity contribution in [3.05, 3.63) is 29.8 Å². The molecule has 21 heavy (non-hydrogen) atoms. The Balaban J connectivity index is 2.15. The van der Waals surface area contributed by atoms with Crippen LogP contribution in [0, 0.1) is 12.8 Å². The van der Waals surface area contributed by atoms with Crippen LogP contribution in [0.4, 0.5) is 0 Å². The zero-order valence-corrected chi connectivity index (χ0v) is 14.0. The number of nitrogens with one attached hydrogen (secondary N) is 1. The highest BCUT2D eigenvalue weighted by Gasteiger charge is 2.51. The molecule has 0 amide bonds. The van der Waals surface area contributed by atoms with Crippen LogP contribution in [-0.2, 0) is 9.53 Å². The van der Waals surface area contributed by atoms with E-state index >= 15 is 0 Å². The largest absolute Gasteiger partial charge is 0.465 e. The third-order valence-electron chi connectivity index (χ3n) is 3.96. The van der Waals surface area contributed by atoms with Crippen LogP contribution in [0.5, 0.6) is 0 Å². The quantitative estimate of drug-likeness (QED) is 0.590. The molecule has 1 saturated carbocycles. The summed E-state index contributed by atoms with van der Waals surface area (Å²) in [5.41, 5.74) is 0.727. The number of aryl methyl sites for hydroxylation is 1. The summed E-state index contributed by atoms with van der Waals surface area (Å²) >= 11 is 1.75. The molecule has 1 aliphatic carbocycles. The first-order valence-electron chi connectivity index (χ1n) is 7.74. The topological polar surface area (TPSA) is 38.3 Å². The van der Waals surface area contributed by atoms with Crippen LogP contribution in [0.1, 0.15) is 32.3 Å². The molecule has 0 saturated heterocycles. The monoisotopic (exact) mass is 307 g/mol. The molecular formula is C17H25NO2S. The number of hydrogen-bond donors (Lipinski definition) is 1. The minimum absolute atomic E-state index is 0.0876. The second-order valence-electron chi connectivity index (χ2n) is 5.55. The Hall–Kier alpha value is -1.00. The van der Waals surface area contributed by atoms with Crippen LogP contribution < -0.4 is 5.32 Å². The summed E-state index contributed by atoms with van der Waals surface area (Å²) in [4.78, 5) is 13.8. The van der Waals surface area contributed by atoms with Gasteiger partial charge in [-0.15, -0.1) is 11.8 Å². The minimum atomic E-state index is -0.530. The van der Waals surface area contributed by atoms with Crippen molar-refractivity contribution in [2.24, 2.45) is 5.92 Å². The Morgan fingerprint density at radius 3 is 2.67 bits per heavy atom. The zero-order valence-electron chi connectivity index (χ0n) is 13.1. The molecule has 0 aliphatic heterocycles. The molecule has 1 aromatic rings. The van der Waals surface area contributed by atoms with Gasteiger partial charge in [0.2, 0.25) is 0 Å². The van der Waals surface area contributed by atoms with Gasteiger partial charge >= 0.3 is 5.97 Å². The lowest BCUT2D eigenvalue weighted by Gasteiger charge is -2.32. The maximum absolute atomic E-state index is 12.5. The van der Waals surface area contributed by atoms with Gasteiger partial charge in [-0.3, -0.25) is 4.79 Å². The van der Waals surface area contributed by atoms with Crippen LogP contribution in [0.3, 0.4) is 0 Å². The molecule has 0 aromatic heterocycles. The molecule has 0 bridgehead atoms. The molecule has 2 rings (SSSR count). The van der Waals surface area contributed by atoms with Crippen LogP contribution in [0.2, 0.25) is 0 Å². The van der Waals surface area contributed by atoms with Crippen LogP contribution >= 0.6 is 11.8 Å². The number of thioether (sulfide) groups is 1. The van der Waals surface area contributed by atoms with Crippen molar-refractivity contribution < 1.29 is 9.53 Å². The second kappa shape index (κ2) is 7.32. The molecule has 0 spiro atoms. The number of carbonyl (C=O) groups is 1. The van der Waals surface area contributed by atoms with Crippen molar-refractivity contribution in [1.29, 1.82) is 0 Å². The summed E-state index contributed by atoms with van der Waals surface area (Å²) in [5, 5.41) is 3.44. The van der Waals surface area contributed by atoms with Gasteiger partial charge in [0, 0.05) is 10.6 Å². The maximum Gasteiger partial charge on any atom is 0.327 e. The highest BCUT2D eigenvalue weighted by molar-refractivity contribution is 7.99. The van der Waals surface area contributed by atoms with E-state index in [0.29, 0.717) is 12.5 Å². The van der Waals surface area contributed by atoms with E-state index in [-0.39, 0.29) is 5.97 Å². The molecule has 1 aromatic carbocycles. The highest BCUT2D eigenvalue weighted by atomic mass is 32.2. The Bertz CT molecular complexity index is 487. The fraction of sp³-hybridized carbons (Fsp3) is 0.588. The molecule has 0 heterocycles. The van der Waals surface area contributed by atoms with Gasteiger partial charge in [0.05, 0.1) is 6.61 Å². The van der Waals surface area contributed by atoms with Crippen molar-refractivity contribution in [1.82, 2.24) is 5.32 Å². The average molecular weight is 307 g/mol. The zero-order chi connectivity index (χ0) is 15.3. The van der Waals surface area contributed by atoms with Gasteiger partial charge < -0.3 is 10.1 Å². The average Bonchev–Trinajstić information content (AvgIpc) is 3.30. The Morgan fingerprint density at radius 2 is 2.10 bits per heavy atom. The number of esters is 1. The van der Waals surface area contributed by atoms with E-state index < -0.39 is 5.54 Å². The first kappa shape index (κ1) is 16.4. The van der Waals surface area contributed by atoms with E-state index in [2.05, 4.69) is 31.3 Å². The van der Waals surface area contributed by atoms with Crippen LogP contribution in [0.25, 0.3) is 0 Å². The predicted octanol–water partition coefficient (Wildman–Crippen LogP) is 3.41. The molecule has 1 aliphatic rings. The number of ether oxygens (including phenoxy) is 1. The summed E-state index contributed by atoms with van der Waals surface area (Å²) in [6, 6.07) is 8.32. The van der Waals surface area contributed by atoms with Gasteiger partial charge in [-0.25, -0.2) is 0 Å². The fourth-order valence-electron chi connectivity index (χ4n) is 2.67. The van der Waals surface area contributed by atoms with Gasteiger partial charge in [-0.1, -0.05) is 25.1 Å². The molecule has 1 unspecified atom stereocenters. The Morgan fingerprint density at radius 1 is 1.38 bits per heavy atom. The smallest absolute Gasteiger partial charge is 0.327 e. The van der Waals surface area contributed by atoms with E-state index in [9.17, 15) is 4.79 Å². The van der Waals surface area contributed by atoms with Gasteiger partial charge in [-0.05, 0) is 50.8 Å². The second-order valence-corrected chi connectivity index (χ2v) is 6.57. The maximum atomic E-state index is 12.5. The molecule has 1 N–H and O–H groups in total. The van der Waals surface area contributed by atoms with Crippen molar-refractivity contribution in [2.45, 2.75) is 44.0 Å². The number of benzene rings is 1. The van der Waals surface area contributed by atoms with Crippen molar-refractivity contribution in [2.75, 3.05) is 18.9 Å². The lowest BCUT2D eigenvalue weighted by molar-refractivity contribution is -0.151. The predicted molar refractivity (Wildman–Crippen MR) is 87.7 cm³/mol. The minimum Gasteiger partial charge on any atom is -0.465 e. The first-order valence-corrected chi connectivity index (χ1v) is 8.73. The lowest BCUT2D eigenvalue weighted by Crippen LogP contribution is -2.57. The Labute approximate surface area is 131 Å². The van der Waals surface area contributed by atoms with Gasteiger partial charge in [0.1, 0.15) is 5.54 Å². The van der Waals surface area contributed by atoms with Crippen molar-refractivity contribution in [3.63, 3.8) is 0 Å². The van der Waals surface area contributed by atoms with E-state index in [1.54, 1.807) is 11.8 Å². The third-order valence-corrected chi connectivity index (χ3v) is 5.32. The molecular weight excluding hydrogens is 282 g/mol. The van der Waals surface area contributed by atoms with Crippen molar-refractivity contribution >= 4 is 17.7 Å².